The van der Waals surface area contributed by atoms with Crippen LogP contribution >= 0.6 is 22.9 Å². The molecule has 2 rings (SSSR count). The number of hydrogen-bond donors (Lipinski definition) is 1. The molecule has 1 saturated carbocycles. The Balaban J connectivity index is 2.09. The average molecular weight is 289 g/mol. The largest absolute Gasteiger partial charge is 0.383 e. The average Bonchev–Trinajstić information content (AvgIpc) is 3.11. The number of thiophene rings is 1. The molecular formula is C13H21ClN2OS. The van der Waals surface area contributed by atoms with E-state index in [1.54, 1.807) is 18.4 Å². The second-order valence-electron chi connectivity index (χ2n) is 5.08. The lowest BCUT2D eigenvalue weighted by atomic mass is 9.92. The van der Waals surface area contributed by atoms with Gasteiger partial charge in [0.05, 0.1) is 16.5 Å². The van der Waals surface area contributed by atoms with Gasteiger partial charge in [0.25, 0.3) is 0 Å². The summed E-state index contributed by atoms with van der Waals surface area (Å²) in [7, 11) is 3.89. The molecule has 1 fully saturated rings. The Morgan fingerprint density at radius 2 is 2.28 bits per heavy atom. The second-order valence-corrected chi connectivity index (χ2v) is 6.88. The molecule has 102 valence electrons. The summed E-state index contributed by atoms with van der Waals surface area (Å²) in [6.07, 6.45) is 2.52. The van der Waals surface area contributed by atoms with Crippen LogP contribution in [-0.2, 0) is 11.3 Å². The van der Waals surface area contributed by atoms with Crippen LogP contribution in [0.4, 0.5) is 0 Å². The number of hydrogen-bond acceptors (Lipinski definition) is 4. The van der Waals surface area contributed by atoms with Crippen molar-refractivity contribution in [3.63, 3.8) is 0 Å². The lowest BCUT2D eigenvalue weighted by Gasteiger charge is -2.41. The smallest absolute Gasteiger partial charge is 0.0931 e. The van der Waals surface area contributed by atoms with E-state index < -0.39 is 0 Å². The Labute approximate surface area is 118 Å². The number of methoxy groups -OCH3 is 1. The minimum Gasteiger partial charge on any atom is -0.383 e. The molecule has 0 saturated heterocycles. The van der Waals surface area contributed by atoms with E-state index in [1.165, 1.54) is 17.7 Å². The Morgan fingerprint density at radius 3 is 2.72 bits per heavy atom. The standard InChI is InChI=1S/C13H21ClN2OS/c1-16(7-11-5-6-12(14)18-11)13(8-15,9-17-2)10-3-4-10/h5-6,10H,3-4,7-9,15H2,1-2H3. The lowest BCUT2D eigenvalue weighted by Crippen LogP contribution is -2.56. The minimum absolute atomic E-state index is 0.0226. The fourth-order valence-electron chi connectivity index (χ4n) is 2.62. The van der Waals surface area contributed by atoms with Crippen molar-refractivity contribution in [2.45, 2.75) is 24.9 Å². The van der Waals surface area contributed by atoms with Crippen molar-refractivity contribution in [1.82, 2.24) is 4.90 Å². The normalized spacial score (nSPS) is 19.2. The predicted octanol–water partition coefficient (Wildman–Crippen LogP) is 2.59. The highest BCUT2D eigenvalue weighted by Gasteiger charge is 2.47. The van der Waals surface area contributed by atoms with Gasteiger partial charge in [0, 0.05) is 25.1 Å². The predicted molar refractivity (Wildman–Crippen MR) is 77.2 cm³/mol. The maximum atomic E-state index is 6.05. The molecule has 1 aromatic rings. The third-order valence-corrected chi connectivity index (χ3v) is 5.08. The van der Waals surface area contributed by atoms with Crippen molar-refractivity contribution >= 4 is 22.9 Å². The molecular weight excluding hydrogens is 268 g/mol. The molecule has 2 N–H and O–H groups in total. The highest BCUT2D eigenvalue weighted by molar-refractivity contribution is 7.16. The fourth-order valence-corrected chi connectivity index (χ4v) is 3.76. The summed E-state index contributed by atoms with van der Waals surface area (Å²) in [5.41, 5.74) is 6.03. The molecule has 1 heterocycles. The maximum Gasteiger partial charge on any atom is 0.0931 e. The summed E-state index contributed by atoms with van der Waals surface area (Å²) in [6, 6.07) is 4.04. The molecule has 0 radical (unpaired) electrons. The van der Waals surface area contributed by atoms with Crippen LogP contribution in [-0.4, -0.2) is 37.7 Å². The summed E-state index contributed by atoms with van der Waals surface area (Å²) in [5.74, 6) is 0.669. The van der Waals surface area contributed by atoms with Gasteiger partial charge in [0.1, 0.15) is 0 Å². The number of nitrogens with zero attached hydrogens (tertiary/aromatic N) is 1. The zero-order valence-corrected chi connectivity index (χ0v) is 12.6. The summed E-state index contributed by atoms with van der Waals surface area (Å²) in [4.78, 5) is 3.62. The number of rotatable bonds is 7. The number of nitrogens with two attached hydrogens (primary N) is 1. The van der Waals surface area contributed by atoms with Gasteiger partial charge in [-0.15, -0.1) is 11.3 Å². The van der Waals surface area contributed by atoms with Crippen molar-refractivity contribution in [3.05, 3.63) is 21.3 Å². The van der Waals surface area contributed by atoms with E-state index >= 15 is 0 Å². The van der Waals surface area contributed by atoms with Crippen molar-refractivity contribution in [1.29, 1.82) is 0 Å². The van der Waals surface area contributed by atoms with Crippen molar-refractivity contribution < 1.29 is 4.74 Å². The molecule has 1 aliphatic rings. The van der Waals surface area contributed by atoms with Gasteiger partial charge in [0.2, 0.25) is 0 Å². The Bertz CT molecular complexity index is 394. The van der Waals surface area contributed by atoms with E-state index in [0.29, 0.717) is 19.1 Å². The summed E-state index contributed by atoms with van der Waals surface area (Å²) >= 11 is 7.61. The van der Waals surface area contributed by atoms with E-state index in [9.17, 15) is 0 Å². The molecule has 1 aliphatic carbocycles. The van der Waals surface area contributed by atoms with Gasteiger partial charge in [-0.3, -0.25) is 4.90 Å². The molecule has 1 aromatic heterocycles. The van der Waals surface area contributed by atoms with Crippen LogP contribution < -0.4 is 5.73 Å². The Morgan fingerprint density at radius 1 is 1.56 bits per heavy atom. The van der Waals surface area contributed by atoms with Crippen LogP contribution in [0.25, 0.3) is 0 Å². The zero-order valence-electron chi connectivity index (χ0n) is 11.0. The SMILES string of the molecule is COCC(CN)(C1CC1)N(C)Cc1ccc(Cl)s1. The van der Waals surface area contributed by atoms with Crippen LogP contribution in [0.3, 0.4) is 0 Å². The summed E-state index contributed by atoms with van der Waals surface area (Å²) < 4.78 is 6.26. The van der Waals surface area contributed by atoms with Gasteiger partial charge in [-0.1, -0.05) is 11.6 Å². The highest BCUT2D eigenvalue weighted by atomic mass is 35.5. The first-order valence-electron chi connectivity index (χ1n) is 6.27. The van der Waals surface area contributed by atoms with E-state index in [0.717, 1.165) is 10.9 Å². The van der Waals surface area contributed by atoms with Gasteiger partial charge in [0.15, 0.2) is 0 Å². The number of ether oxygens (including phenoxy) is 1. The van der Waals surface area contributed by atoms with Crippen LogP contribution in [0.2, 0.25) is 4.34 Å². The molecule has 0 bridgehead atoms. The molecule has 0 amide bonds. The first-order chi connectivity index (χ1) is 8.62. The van der Waals surface area contributed by atoms with E-state index in [2.05, 4.69) is 18.0 Å². The second kappa shape index (κ2) is 5.88. The van der Waals surface area contributed by atoms with Gasteiger partial charge in [-0.2, -0.15) is 0 Å². The van der Waals surface area contributed by atoms with Crippen LogP contribution in [0.1, 0.15) is 17.7 Å². The van der Waals surface area contributed by atoms with Crippen LogP contribution in [0.15, 0.2) is 12.1 Å². The van der Waals surface area contributed by atoms with Crippen LogP contribution in [0.5, 0.6) is 0 Å². The zero-order chi connectivity index (χ0) is 13.2. The molecule has 0 spiro atoms. The molecule has 0 aliphatic heterocycles. The van der Waals surface area contributed by atoms with Crippen molar-refractivity contribution in [3.8, 4) is 0 Å². The Hall–Kier alpha value is -0.130. The topological polar surface area (TPSA) is 38.5 Å². The summed E-state index contributed by atoms with van der Waals surface area (Å²) in [5, 5.41) is 0. The minimum atomic E-state index is -0.0226. The maximum absolute atomic E-state index is 6.05. The van der Waals surface area contributed by atoms with Crippen molar-refractivity contribution in [2.75, 3.05) is 27.3 Å². The quantitative estimate of drug-likeness (QED) is 0.838. The van der Waals surface area contributed by atoms with Gasteiger partial charge < -0.3 is 10.5 Å². The Kier molecular flexibility index (Phi) is 4.67. The third-order valence-electron chi connectivity index (χ3n) is 3.87. The number of likely N-dealkylation sites (N-methyl/N-ethyl adjacent to an activating group) is 1. The van der Waals surface area contributed by atoms with Gasteiger partial charge >= 0.3 is 0 Å². The molecule has 5 heteroatoms. The number of halogens is 1. The van der Waals surface area contributed by atoms with Crippen molar-refractivity contribution in [2.24, 2.45) is 11.7 Å². The van der Waals surface area contributed by atoms with Gasteiger partial charge in [-0.05, 0) is 37.9 Å². The molecule has 1 unspecified atom stereocenters. The van der Waals surface area contributed by atoms with E-state index in [-0.39, 0.29) is 5.54 Å². The molecule has 3 nitrogen and oxygen atoms in total. The van der Waals surface area contributed by atoms with E-state index in [4.69, 9.17) is 22.1 Å². The highest BCUT2D eigenvalue weighted by Crippen LogP contribution is 2.43. The van der Waals surface area contributed by atoms with Crippen LogP contribution in [0, 0.1) is 5.92 Å². The summed E-state index contributed by atoms with van der Waals surface area (Å²) in [6.45, 7) is 2.22. The first-order valence-corrected chi connectivity index (χ1v) is 7.46. The van der Waals surface area contributed by atoms with Gasteiger partial charge in [-0.25, -0.2) is 0 Å². The monoisotopic (exact) mass is 288 g/mol. The molecule has 0 aromatic carbocycles. The van der Waals surface area contributed by atoms with E-state index in [1.807, 2.05) is 6.07 Å². The fraction of sp³-hybridized carbons (Fsp3) is 0.692. The lowest BCUT2D eigenvalue weighted by molar-refractivity contribution is 0.0109. The molecule has 18 heavy (non-hydrogen) atoms. The molecule has 1 atom stereocenters. The third kappa shape index (κ3) is 2.89. The first kappa shape index (κ1) is 14.3.